The second-order valence-corrected chi connectivity index (χ2v) is 2.81. The number of hydrogen-bond donors (Lipinski definition) is 1. The fourth-order valence-corrected chi connectivity index (χ4v) is 1.26. The van der Waals surface area contributed by atoms with Gasteiger partial charge in [-0.1, -0.05) is 0 Å². The molecule has 0 saturated heterocycles. The van der Waals surface area contributed by atoms with Gasteiger partial charge in [0.25, 0.3) is 0 Å². The molecular weight excluding hydrogens is 170 g/mol. The molecule has 0 amide bonds. The number of aromatic nitrogens is 1. The van der Waals surface area contributed by atoms with Crippen molar-refractivity contribution in [3.63, 3.8) is 0 Å². The van der Waals surface area contributed by atoms with Crippen LogP contribution in [0.3, 0.4) is 0 Å². The van der Waals surface area contributed by atoms with Crippen LogP contribution in [-0.2, 0) is 4.74 Å². The van der Waals surface area contributed by atoms with E-state index in [1.165, 1.54) is 13.2 Å². The van der Waals surface area contributed by atoms with Crippen molar-refractivity contribution in [1.82, 2.24) is 4.98 Å². The van der Waals surface area contributed by atoms with Gasteiger partial charge in [0.05, 0.1) is 12.7 Å². The van der Waals surface area contributed by atoms with Crippen LogP contribution in [0.1, 0.15) is 21.6 Å². The number of esters is 1. The van der Waals surface area contributed by atoms with Gasteiger partial charge in [-0.2, -0.15) is 0 Å². The highest BCUT2D eigenvalue weighted by atomic mass is 16.5. The molecule has 13 heavy (non-hydrogen) atoms. The molecule has 0 saturated carbocycles. The lowest BCUT2D eigenvalue weighted by Gasteiger charge is -2.05. The molecule has 0 radical (unpaired) electrons. The lowest BCUT2D eigenvalue weighted by atomic mass is 10.1. The zero-order chi connectivity index (χ0) is 10.0. The molecule has 1 heterocycles. The first-order valence-corrected chi connectivity index (χ1v) is 3.85. The summed E-state index contributed by atoms with van der Waals surface area (Å²) >= 11 is 0. The molecule has 1 N–H and O–H groups in total. The Morgan fingerprint density at radius 2 is 2.08 bits per heavy atom. The summed E-state index contributed by atoms with van der Waals surface area (Å²) in [7, 11) is 1.31. The molecule has 0 aliphatic heterocycles. The first-order valence-electron chi connectivity index (χ1n) is 3.85. The Kier molecular flexibility index (Phi) is 2.51. The summed E-state index contributed by atoms with van der Waals surface area (Å²) in [6.45, 7) is 3.37. The molecule has 0 aliphatic carbocycles. The predicted octanol–water partition coefficient (Wildman–Crippen LogP) is 0.778. The number of aryl methyl sites for hydroxylation is 2. The maximum absolute atomic E-state index is 11.2. The number of aromatic amines is 1. The number of methoxy groups -OCH3 is 1. The third kappa shape index (κ3) is 1.77. The minimum Gasteiger partial charge on any atom is -0.465 e. The van der Waals surface area contributed by atoms with Crippen LogP contribution in [-0.4, -0.2) is 18.1 Å². The molecule has 0 spiro atoms. The quantitative estimate of drug-likeness (QED) is 0.651. The van der Waals surface area contributed by atoms with Crippen LogP contribution in [0.2, 0.25) is 0 Å². The number of ether oxygens (including phenoxy) is 1. The highest BCUT2D eigenvalue weighted by Gasteiger charge is 2.12. The standard InChI is InChI=1S/C9H11NO3/c1-5-4-7(11)10-6(2)8(5)9(12)13-3/h4H,1-3H3,(H,10,11). The normalized spacial score (nSPS) is 9.77. The van der Waals surface area contributed by atoms with Crippen LogP contribution in [0.4, 0.5) is 0 Å². The van der Waals surface area contributed by atoms with Crippen molar-refractivity contribution in [2.45, 2.75) is 13.8 Å². The number of hydrogen-bond acceptors (Lipinski definition) is 3. The van der Waals surface area contributed by atoms with Crippen LogP contribution >= 0.6 is 0 Å². The van der Waals surface area contributed by atoms with Crippen molar-refractivity contribution in [3.05, 3.63) is 33.2 Å². The van der Waals surface area contributed by atoms with Gasteiger partial charge in [-0.3, -0.25) is 4.79 Å². The van der Waals surface area contributed by atoms with Crippen molar-refractivity contribution >= 4 is 5.97 Å². The second kappa shape index (κ2) is 3.43. The summed E-state index contributed by atoms with van der Waals surface area (Å²) in [5, 5.41) is 0. The van der Waals surface area contributed by atoms with Crippen LogP contribution in [0.25, 0.3) is 0 Å². The van der Waals surface area contributed by atoms with E-state index in [9.17, 15) is 9.59 Å². The van der Waals surface area contributed by atoms with E-state index in [0.29, 0.717) is 16.8 Å². The van der Waals surface area contributed by atoms with Gasteiger partial charge < -0.3 is 9.72 Å². The first kappa shape index (κ1) is 9.51. The van der Waals surface area contributed by atoms with Crippen molar-refractivity contribution < 1.29 is 9.53 Å². The van der Waals surface area contributed by atoms with E-state index in [1.54, 1.807) is 13.8 Å². The van der Waals surface area contributed by atoms with Gasteiger partial charge >= 0.3 is 5.97 Å². The smallest absolute Gasteiger partial charge is 0.339 e. The summed E-state index contributed by atoms with van der Waals surface area (Å²) in [6, 6.07) is 1.37. The van der Waals surface area contributed by atoms with Gasteiger partial charge in [0.1, 0.15) is 0 Å². The molecule has 1 aromatic rings. The Labute approximate surface area is 75.5 Å². The monoisotopic (exact) mass is 181 g/mol. The minimum atomic E-state index is -0.425. The van der Waals surface area contributed by atoms with Crippen LogP contribution in [0, 0.1) is 13.8 Å². The Hall–Kier alpha value is -1.58. The second-order valence-electron chi connectivity index (χ2n) is 2.81. The Morgan fingerprint density at radius 3 is 2.54 bits per heavy atom. The molecule has 0 bridgehead atoms. The number of carbonyl (C=O) groups excluding carboxylic acids is 1. The topological polar surface area (TPSA) is 59.2 Å². The van der Waals surface area contributed by atoms with Crippen molar-refractivity contribution in [2.75, 3.05) is 7.11 Å². The van der Waals surface area contributed by atoms with Crippen LogP contribution < -0.4 is 5.56 Å². The SMILES string of the molecule is COC(=O)c1c(C)cc(=O)[nH]c1C. The van der Waals surface area contributed by atoms with E-state index in [1.807, 2.05) is 0 Å². The van der Waals surface area contributed by atoms with Gasteiger partial charge in [-0.05, 0) is 19.4 Å². The van der Waals surface area contributed by atoms with E-state index in [-0.39, 0.29) is 5.56 Å². The lowest BCUT2D eigenvalue weighted by Crippen LogP contribution is -2.15. The molecule has 0 atom stereocenters. The minimum absolute atomic E-state index is 0.206. The summed E-state index contributed by atoms with van der Waals surface area (Å²) in [6.07, 6.45) is 0. The van der Waals surface area contributed by atoms with Gasteiger partial charge in [-0.15, -0.1) is 0 Å². The number of pyridine rings is 1. The largest absolute Gasteiger partial charge is 0.465 e. The van der Waals surface area contributed by atoms with E-state index in [0.717, 1.165) is 0 Å². The molecule has 4 nitrogen and oxygen atoms in total. The number of nitrogens with one attached hydrogen (secondary N) is 1. The fourth-order valence-electron chi connectivity index (χ4n) is 1.26. The molecule has 4 heteroatoms. The molecule has 0 unspecified atom stereocenters. The number of rotatable bonds is 1. The zero-order valence-electron chi connectivity index (χ0n) is 7.80. The predicted molar refractivity (Wildman–Crippen MR) is 47.9 cm³/mol. The summed E-state index contributed by atoms with van der Waals surface area (Å²) in [5.41, 5.74) is 1.40. The van der Waals surface area contributed by atoms with Crippen LogP contribution in [0.15, 0.2) is 10.9 Å². The third-order valence-electron chi connectivity index (χ3n) is 1.82. The third-order valence-corrected chi connectivity index (χ3v) is 1.82. The summed E-state index contributed by atoms with van der Waals surface area (Å²) in [5.74, 6) is -0.425. The Balaban J connectivity index is 3.37. The molecule has 1 aromatic heterocycles. The molecule has 0 aliphatic rings. The first-order chi connectivity index (χ1) is 6.06. The van der Waals surface area contributed by atoms with Crippen molar-refractivity contribution in [3.8, 4) is 0 Å². The average molecular weight is 181 g/mol. The lowest BCUT2D eigenvalue weighted by molar-refractivity contribution is 0.0598. The van der Waals surface area contributed by atoms with E-state index in [2.05, 4.69) is 9.72 Å². The zero-order valence-corrected chi connectivity index (χ0v) is 7.80. The van der Waals surface area contributed by atoms with Crippen molar-refractivity contribution in [1.29, 1.82) is 0 Å². The molecule has 0 aromatic carbocycles. The summed E-state index contributed by atoms with van der Waals surface area (Å²) < 4.78 is 4.58. The molecule has 70 valence electrons. The highest BCUT2D eigenvalue weighted by molar-refractivity contribution is 5.91. The van der Waals surface area contributed by atoms with E-state index >= 15 is 0 Å². The average Bonchev–Trinajstić information content (AvgIpc) is 2.02. The Morgan fingerprint density at radius 1 is 1.46 bits per heavy atom. The van der Waals surface area contributed by atoms with Gasteiger partial charge in [0, 0.05) is 11.8 Å². The van der Waals surface area contributed by atoms with Gasteiger partial charge in [0.2, 0.25) is 5.56 Å². The van der Waals surface area contributed by atoms with Gasteiger partial charge in [-0.25, -0.2) is 4.79 Å². The molecular formula is C9H11NO3. The maximum atomic E-state index is 11.2. The molecule has 0 fully saturated rings. The summed E-state index contributed by atoms with van der Waals surface area (Å²) in [4.78, 5) is 24.7. The fraction of sp³-hybridized carbons (Fsp3) is 0.333. The molecule has 1 rings (SSSR count). The Bertz CT molecular complexity index is 366. The maximum Gasteiger partial charge on any atom is 0.339 e. The highest BCUT2D eigenvalue weighted by Crippen LogP contribution is 2.09. The van der Waals surface area contributed by atoms with Crippen LogP contribution in [0.5, 0.6) is 0 Å². The van der Waals surface area contributed by atoms with Crippen molar-refractivity contribution in [2.24, 2.45) is 0 Å². The number of carbonyl (C=O) groups is 1. The van der Waals surface area contributed by atoms with E-state index in [4.69, 9.17) is 0 Å². The van der Waals surface area contributed by atoms with Gasteiger partial charge in [0.15, 0.2) is 0 Å². The van der Waals surface area contributed by atoms with E-state index < -0.39 is 5.97 Å². The number of H-pyrrole nitrogens is 1.